The minimum absolute atomic E-state index is 0.618. The van der Waals surface area contributed by atoms with Crippen molar-refractivity contribution in [1.82, 2.24) is 4.98 Å². The summed E-state index contributed by atoms with van der Waals surface area (Å²) < 4.78 is 0. The molecule has 0 aliphatic rings. The Kier molecular flexibility index (Phi) is 6.08. The number of pyridine rings is 1. The Hall–Kier alpha value is -0.900. The summed E-state index contributed by atoms with van der Waals surface area (Å²) in [5, 5.41) is 7.34. The summed E-state index contributed by atoms with van der Waals surface area (Å²) in [6.45, 7) is 6.33. The predicted octanol–water partition coefficient (Wildman–Crippen LogP) is 3.07. The first kappa shape index (κ1) is 13.2. The largest absolute Gasteiger partial charge is 0.384 e. The maximum Gasteiger partial charge on any atom is 0.0547 e. The van der Waals surface area contributed by atoms with Gasteiger partial charge in [-0.25, -0.2) is 0 Å². The van der Waals surface area contributed by atoms with Gasteiger partial charge in [0.05, 0.1) is 23.8 Å². The molecule has 1 unspecified atom stereocenters. The molecule has 16 heavy (non-hydrogen) atoms. The number of anilines is 2. The normalized spacial score (nSPS) is 12.2. The van der Waals surface area contributed by atoms with E-state index in [2.05, 4.69) is 41.8 Å². The Labute approximate surface area is 102 Å². The van der Waals surface area contributed by atoms with Crippen molar-refractivity contribution in [1.29, 1.82) is 0 Å². The van der Waals surface area contributed by atoms with Crippen molar-refractivity contribution in [3.63, 3.8) is 0 Å². The lowest BCUT2D eigenvalue weighted by molar-refractivity contribution is 0.975. The van der Waals surface area contributed by atoms with E-state index in [4.69, 9.17) is 0 Å². The Morgan fingerprint density at radius 1 is 1.31 bits per heavy atom. The van der Waals surface area contributed by atoms with E-state index < -0.39 is 0 Å². The van der Waals surface area contributed by atoms with Crippen LogP contribution >= 0.6 is 11.8 Å². The fourth-order valence-corrected chi connectivity index (χ4v) is 1.50. The molecule has 1 heterocycles. The molecule has 1 rings (SSSR count). The highest BCUT2D eigenvalue weighted by molar-refractivity contribution is 7.99. The molecule has 3 nitrogen and oxygen atoms in total. The predicted molar refractivity (Wildman–Crippen MR) is 74.5 cm³/mol. The SMILES string of the molecule is CCCNc1cncc(NCC(C)SC)c1. The van der Waals surface area contributed by atoms with E-state index in [1.807, 2.05) is 24.2 Å². The molecule has 1 aromatic rings. The number of hydrogen-bond acceptors (Lipinski definition) is 4. The van der Waals surface area contributed by atoms with E-state index in [9.17, 15) is 0 Å². The molecule has 0 spiro atoms. The Morgan fingerprint density at radius 3 is 2.62 bits per heavy atom. The van der Waals surface area contributed by atoms with Crippen LogP contribution in [0.15, 0.2) is 18.5 Å². The molecule has 1 atom stereocenters. The highest BCUT2D eigenvalue weighted by atomic mass is 32.2. The average Bonchev–Trinajstić information content (AvgIpc) is 2.34. The van der Waals surface area contributed by atoms with Gasteiger partial charge in [-0.1, -0.05) is 13.8 Å². The van der Waals surface area contributed by atoms with Crippen LogP contribution in [0.25, 0.3) is 0 Å². The lowest BCUT2D eigenvalue weighted by atomic mass is 10.3. The Morgan fingerprint density at radius 2 is 2.00 bits per heavy atom. The van der Waals surface area contributed by atoms with Gasteiger partial charge >= 0.3 is 0 Å². The van der Waals surface area contributed by atoms with Gasteiger partial charge in [0.2, 0.25) is 0 Å². The van der Waals surface area contributed by atoms with E-state index in [-0.39, 0.29) is 0 Å². The molecule has 0 aromatic carbocycles. The second-order valence-electron chi connectivity index (χ2n) is 3.82. The van der Waals surface area contributed by atoms with Crippen LogP contribution in [-0.2, 0) is 0 Å². The standard InChI is InChI=1S/C12H21N3S/c1-4-5-14-11-6-12(9-13-8-11)15-7-10(2)16-3/h6,8-10,14-15H,4-5,7H2,1-3H3. The van der Waals surface area contributed by atoms with Gasteiger partial charge in [0.25, 0.3) is 0 Å². The first-order valence-corrected chi connectivity index (χ1v) is 7.00. The van der Waals surface area contributed by atoms with Crippen molar-refractivity contribution in [3.05, 3.63) is 18.5 Å². The van der Waals surface area contributed by atoms with Crippen molar-refractivity contribution in [3.8, 4) is 0 Å². The van der Waals surface area contributed by atoms with Crippen LogP contribution in [-0.4, -0.2) is 29.6 Å². The smallest absolute Gasteiger partial charge is 0.0547 e. The summed E-state index contributed by atoms with van der Waals surface area (Å²) in [6.07, 6.45) is 6.98. The number of nitrogens with zero attached hydrogens (tertiary/aromatic N) is 1. The minimum atomic E-state index is 0.618. The van der Waals surface area contributed by atoms with E-state index >= 15 is 0 Å². The van der Waals surface area contributed by atoms with Crippen LogP contribution in [0.4, 0.5) is 11.4 Å². The molecule has 0 bridgehead atoms. The van der Waals surface area contributed by atoms with Gasteiger partial charge < -0.3 is 10.6 Å². The van der Waals surface area contributed by atoms with Crippen LogP contribution < -0.4 is 10.6 Å². The number of aromatic nitrogens is 1. The zero-order valence-corrected chi connectivity index (χ0v) is 11.1. The zero-order valence-electron chi connectivity index (χ0n) is 10.3. The maximum atomic E-state index is 4.21. The molecule has 0 aliphatic heterocycles. The molecule has 2 N–H and O–H groups in total. The van der Waals surface area contributed by atoms with Crippen LogP contribution in [0.2, 0.25) is 0 Å². The van der Waals surface area contributed by atoms with Crippen molar-refractivity contribution < 1.29 is 0 Å². The molecule has 1 aromatic heterocycles. The first-order chi connectivity index (χ1) is 7.76. The van der Waals surface area contributed by atoms with Crippen molar-refractivity contribution in [2.75, 3.05) is 30.0 Å². The van der Waals surface area contributed by atoms with Gasteiger partial charge in [0, 0.05) is 18.3 Å². The van der Waals surface area contributed by atoms with Gasteiger partial charge in [0.15, 0.2) is 0 Å². The molecular formula is C12H21N3S. The lowest BCUT2D eigenvalue weighted by Crippen LogP contribution is -2.13. The third-order valence-corrected chi connectivity index (χ3v) is 3.28. The maximum absolute atomic E-state index is 4.21. The second-order valence-corrected chi connectivity index (χ2v) is 5.09. The molecule has 0 amide bonds. The minimum Gasteiger partial charge on any atom is -0.384 e. The molecule has 4 heteroatoms. The number of thioether (sulfide) groups is 1. The highest BCUT2D eigenvalue weighted by Gasteiger charge is 2.00. The van der Waals surface area contributed by atoms with Crippen molar-refractivity contribution in [2.45, 2.75) is 25.5 Å². The third-order valence-electron chi connectivity index (χ3n) is 2.31. The number of hydrogen-bond donors (Lipinski definition) is 2. The zero-order chi connectivity index (χ0) is 11.8. The fraction of sp³-hybridized carbons (Fsp3) is 0.583. The second kappa shape index (κ2) is 7.39. The van der Waals surface area contributed by atoms with E-state index in [1.54, 1.807) is 0 Å². The summed E-state index contributed by atoms with van der Waals surface area (Å²) in [5.74, 6) is 0. The fourth-order valence-electron chi connectivity index (χ4n) is 1.25. The van der Waals surface area contributed by atoms with Gasteiger partial charge in [-0.3, -0.25) is 4.98 Å². The van der Waals surface area contributed by atoms with Gasteiger partial charge in [-0.2, -0.15) is 11.8 Å². The summed E-state index contributed by atoms with van der Waals surface area (Å²) >= 11 is 1.86. The van der Waals surface area contributed by atoms with Crippen LogP contribution in [0, 0.1) is 0 Å². The van der Waals surface area contributed by atoms with E-state index in [1.165, 1.54) is 0 Å². The van der Waals surface area contributed by atoms with Gasteiger partial charge in [-0.05, 0) is 18.7 Å². The lowest BCUT2D eigenvalue weighted by Gasteiger charge is -2.12. The Bertz CT molecular complexity index is 304. The van der Waals surface area contributed by atoms with Gasteiger partial charge in [-0.15, -0.1) is 0 Å². The summed E-state index contributed by atoms with van der Waals surface area (Å²) in [4.78, 5) is 4.21. The molecule has 90 valence electrons. The molecule has 0 radical (unpaired) electrons. The summed E-state index contributed by atoms with van der Waals surface area (Å²) in [7, 11) is 0. The molecule has 0 saturated heterocycles. The molecular weight excluding hydrogens is 218 g/mol. The topological polar surface area (TPSA) is 37.0 Å². The Balaban J connectivity index is 2.46. The van der Waals surface area contributed by atoms with Crippen LogP contribution in [0.1, 0.15) is 20.3 Å². The average molecular weight is 239 g/mol. The van der Waals surface area contributed by atoms with Crippen LogP contribution in [0.5, 0.6) is 0 Å². The number of nitrogens with one attached hydrogen (secondary N) is 2. The molecule has 0 fully saturated rings. The van der Waals surface area contributed by atoms with Crippen molar-refractivity contribution in [2.24, 2.45) is 0 Å². The third kappa shape index (κ3) is 4.75. The summed E-state index contributed by atoms with van der Waals surface area (Å²) in [5.41, 5.74) is 2.17. The quantitative estimate of drug-likeness (QED) is 0.767. The highest BCUT2D eigenvalue weighted by Crippen LogP contribution is 2.14. The van der Waals surface area contributed by atoms with Crippen LogP contribution in [0.3, 0.4) is 0 Å². The molecule has 0 aliphatic carbocycles. The van der Waals surface area contributed by atoms with Gasteiger partial charge in [0.1, 0.15) is 0 Å². The van der Waals surface area contributed by atoms with E-state index in [0.29, 0.717) is 5.25 Å². The van der Waals surface area contributed by atoms with E-state index in [0.717, 1.165) is 30.9 Å². The summed E-state index contributed by atoms with van der Waals surface area (Å²) in [6, 6.07) is 2.11. The number of rotatable bonds is 7. The first-order valence-electron chi connectivity index (χ1n) is 5.71. The molecule has 0 saturated carbocycles. The van der Waals surface area contributed by atoms with Crippen molar-refractivity contribution >= 4 is 23.1 Å². The monoisotopic (exact) mass is 239 g/mol.